The molecule has 1 aliphatic rings. The third-order valence-electron chi connectivity index (χ3n) is 5.25. The lowest BCUT2D eigenvalue weighted by Crippen LogP contribution is -2.55. The van der Waals surface area contributed by atoms with Gasteiger partial charge >= 0.3 is 12.1 Å². The van der Waals surface area contributed by atoms with Crippen LogP contribution < -0.4 is 15.2 Å². The summed E-state index contributed by atoms with van der Waals surface area (Å²) in [6, 6.07) is 0.0978. The van der Waals surface area contributed by atoms with E-state index in [1.807, 2.05) is 13.0 Å². The normalized spacial score (nSPS) is 18.0. The highest BCUT2D eigenvalue weighted by Crippen LogP contribution is 2.47. The number of carbonyl (C=O) groups excluding carboxylic acids is 2. The molecule has 4 atom stereocenters. The van der Waals surface area contributed by atoms with Gasteiger partial charge in [-0.05, 0) is 24.5 Å². The minimum Gasteiger partial charge on any atom is -0.493 e. The fourth-order valence-corrected chi connectivity index (χ4v) is 4.27. The zero-order chi connectivity index (χ0) is 24.5. The summed E-state index contributed by atoms with van der Waals surface area (Å²) in [5.74, 6) is 0.566. The number of esters is 1. The molecule has 1 aromatic rings. The molecule has 10 heteroatoms. The van der Waals surface area contributed by atoms with Crippen molar-refractivity contribution < 1.29 is 33.1 Å². The van der Waals surface area contributed by atoms with Crippen molar-refractivity contribution in [3.63, 3.8) is 0 Å². The van der Waals surface area contributed by atoms with Crippen LogP contribution in [0.3, 0.4) is 0 Å². The van der Waals surface area contributed by atoms with Gasteiger partial charge in [-0.1, -0.05) is 31.4 Å². The van der Waals surface area contributed by atoms with Gasteiger partial charge < -0.3 is 29.2 Å². The monoisotopic (exact) mass is 480 g/mol. The molecule has 182 valence electrons. The summed E-state index contributed by atoms with van der Waals surface area (Å²) in [7, 11) is 3.72. The van der Waals surface area contributed by atoms with E-state index in [1.54, 1.807) is 13.2 Å². The third kappa shape index (κ3) is 6.25. The smallest absolute Gasteiger partial charge is 0.411 e. The summed E-state index contributed by atoms with van der Waals surface area (Å²) in [5, 5.41) is 0. The molecule has 1 aliphatic heterocycles. The predicted octanol–water partition coefficient (Wildman–Crippen LogP) is 2.86. The number of methoxy groups -OCH3 is 1. The van der Waals surface area contributed by atoms with E-state index in [1.165, 1.54) is 17.9 Å². The summed E-state index contributed by atoms with van der Waals surface area (Å²) >= 11 is 0. The molecular weight excluding hydrogens is 447 g/mol. The maximum Gasteiger partial charge on any atom is 0.411 e. The highest BCUT2D eigenvalue weighted by atomic mass is 31.0. The van der Waals surface area contributed by atoms with Crippen LogP contribution in [0.15, 0.2) is 31.4 Å². The van der Waals surface area contributed by atoms with Crippen LogP contribution in [0.1, 0.15) is 29.7 Å². The number of hydrogen-bond acceptors (Lipinski definition) is 8. The molecule has 0 aromatic heterocycles. The van der Waals surface area contributed by atoms with Crippen molar-refractivity contribution in [3.05, 3.63) is 48.1 Å². The second-order valence-electron chi connectivity index (χ2n) is 7.60. The van der Waals surface area contributed by atoms with Gasteiger partial charge in [-0.3, -0.25) is 9.69 Å². The number of ether oxygens (including phenoxy) is 4. The fraction of sp³-hybridized carbons (Fsp3) is 0.478. The average molecular weight is 480 g/mol. The molecule has 2 N–H and O–H groups in total. The lowest BCUT2D eigenvalue weighted by molar-refractivity contribution is -0.143. The Labute approximate surface area is 197 Å². The molecule has 0 aliphatic carbocycles. The maximum atomic E-state index is 13.2. The molecule has 0 radical (unpaired) electrons. The van der Waals surface area contributed by atoms with E-state index in [0.717, 1.165) is 11.1 Å². The molecule has 1 heterocycles. The van der Waals surface area contributed by atoms with Gasteiger partial charge in [-0.2, -0.15) is 0 Å². The van der Waals surface area contributed by atoms with Crippen molar-refractivity contribution in [2.45, 2.75) is 38.4 Å². The standard InChI is InChI=1S/C23H33N2O7P/c1-6-8-29-22-19-16(10-14(3)21(22)28-5)11-17(12-31-15(4)26)25(23(27)30-9-7-2)20(19)18(24)13-32-33/h6-7,10,17-18,20H,1-2,8-9,11-13,24,33H2,3-5H3/t17-,18-,20-/m0/s1. The van der Waals surface area contributed by atoms with Gasteiger partial charge in [0.15, 0.2) is 11.5 Å². The number of fused-ring (bicyclic) bond motifs is 1. The molecule has 0 spiro atoms. The summed E-state index contributed by atoms with van der Waals surface area (Å²) in [6.07, 6.45) is 2.88. The molecule has 0 fully saturated rings. The fourth-order valence-electron chi connectivity index (χ4n) is 4.05. The second kappa shape index (κ2) is 12.6. The molecule has 33 heavy (non-hydrogen) atoms. The largest absolute Gasteiger partial charge is 0.493 e. The Morgan fingerprint density at radius 2 is 1.97 bits per heavy atom. The Morgan fingerprint density at radius 1 is 1.27 bits per heavy atom. The number of nitrogens with two attached hydrogens (primary N) is 1. The van der Waals surface area contributed by atoms with Crippen LogP contribution in [0.4, 0.5) is 4.79 Å². The molecule has 2 rings (SSSR count). The van der Waals surface area contributed by atoms with Crippen LogP contribution in [0, 0.1) is 6.92 Å². The molecule has 0 saturated heterocycles. The topological polar surface area (TPSA) is 110 Å². The minimum atomic E-state index is -0.707. The zero-order valence-corrected chi connectivity index (χ0v) is 20.5. The zero-order valence-electron chi connectivity index (χ0n) is 19.4. The number of carbonyl (C=O) groups is 2. The first-order valence-electron chi connectivity index (χ1n) is 10.5. The van der Waals surface area contributed by atoms with Crippen molar-refractivity contribution in [1.82, 2.24) is 4.90 Å². The number of benzene rings is 1. The first kappa shape index (κ1) is 26.6. The SMILES string of the molecule is C=CCOC(=O)N1[C@H](COC(C)=O)Cc2cc(C)c(OC)c(OCC=C)c2[C@@H]1[C@@H](N)COP. The Kier molecular flexibility index (Phi) is 10.2. The Hall–Kier alpha value is -2.61. The van der Waals surface area contributed by atoms with E-state index in [-0.39, 0.29) is 26.4 Å². The van der Waals surface area contributed by atoms with Crippen molar-refractivity contribution in [2.75, 3.05) is 33.5 Å². The van der Waals surface area contributed by atoms with Gasteiger partial charge in [0, 0.05) is 22.0 Å². The summed E-state index contributed by atoms with van der Waals surface area (Å²) < 4.78 is 27.6. The minimum absolute atomic E-state index is 0.0155. The van der Waals surface area contributed by atoms with Crippen LogP contribution in [0.5, 0.6) is 11.5 Å². The maximum absolute atomic E-state index is 13.2. The van der Waals surface area contributed by atoms with Gasteiger partial charge in [0.2, 0.25) is 0 Å². The molecule has 1 amide bonds. The lowest BCUT2D eigenvalue weighted by Gasteiger charge is -2.45. The predicted molar refractivity (Wildman–Crippen MR) is 127 cm³/mol. The average Bonchev–Trinajstić information content (AvgIpc) is 2.78. The number of aryl methyl sites for hydroxylation is 1. The van der Waals surface area contributed by atoms with Crippen molar-refractivity contribution in [2.24, 2.45) is 5.73 Å². The second-order valence-corrected chi connectivity index (χ2v) is 7.94. The van der Waals surface area contributed by atoms with Gasteiger partial charge in [-0.25, -0.2) is 4.79 Å². The van der Waals surface area contributed by atoms with Crippen molar-refractivity contribution in [1.29, 1.82) is 0 Å². The number of amides is 1. The molecule has 1 aromatic carbocycles. The van der Waals surface area contributed by atoms with Crippen LogP contribution in [-0.4, -0.2) is 62.6 Å². The van der Waals surface area contributed by atoms with E-state index in [9.17, 15) is 9.59 Å². The summed E-state index contributed by atoms with van der Waals surface area (Å²) in [6.45, 7) is 10.9. The number of hydrogen-bond donors (Lipinski definition) is 1. The van der Waals surface area contributed by atoms with Gasteiger partial charge in [0.1, 0.15) is 19.8 Å². The van der Waals surface area contributed by atoms with E-state index >= 15 is 0 Å². The van der Waals surface area contributed by atoms with E-state index in [4.69, 9.17) is 29.2 Å². The highest BCUT2D eigenvalue weighted by molar-refractivity contribution is 7.09. The number of rotatable bonds is 11. The van der Waals surface area contributed by atoms with Crippen LogP contribution >= 0.6 is 9.47 Å². The van der Waals surface area contributed by atoms with E-state index < -0.39 is 30.2 Å². The highest BCUT2D eigenvalue weighted by Gasteiger charge is 2.44. The van der Waals surface area contributed by atoms with Crippen LogP contribution in [0.25, 0.3) is 0 Å². The first-order valence-corrected chi connectivity index (χ1v) is 11.0. The van der Waals surface area contributed by atoms with Crippen LogP contribution in [0.2, 0.25) is 0 Å². The van der Waals surface area contributed by atoms with E-state index in [2.05, 4.69) is 22.6 Å². The summed E-state index contributed by atoms with van der Waals surface area (Å²) in [4.78, 5) is 26.3. The first-order chi connectivity index (χ1) is 15.8. The van der Waals surface area contributed by atoms with Gasteiger partial charge in [-0.15, -0.1) is 0 Å². The van der Waals surface area contributed by atoms with Crippen molar-refractivity contribution >= 4 is 21.5 Å². The van der Waals surface area contributed by atoms with Gasteiger partial charge in [0.25, 0.3) is 0 Å². The third-order valence-corrected chi connectivity index (χ3v) is 5.44. The number of nitrogens with zero attached hydrogens (tertiary/aromatic N) is 1. The Balaban J connectivity index is 2.74. The molecule has 0 bridgehead atoms. The Morgan fingerprint density at radius 3 is 2.55 bits per heavy atom. The molecule has 9 nitrogen and oxygen atoms in total. The quantitative estimate of drug-likeness (QED) is 0.293. The molecule has 1 unspecified atom stereocenters. The van der Waals surface area contributed by atoms with Crippen LogP contribution in [-0.2, 0) is 25.2 Å². The summed E-state index contributed by atoms with van der Waals surface area (Å²) in [5.41, 5.74) is 9.01. The Bertz CT molecular complexity index is 877. The van der Waals surface area contributed by atoms with Crippen molar-refractivity contribution in [3.8, 4) is 11.5 Å². The van der Waals surface area contributed by atoms with Gasteiger partial charge in [0.05, 0.1) is 31.8 Å². The molecule has 0 saturated carbocycles. The lowest BCUT2D eigenvalue weighted by atomic mass is 9.83. The molecular formula is C23H33N2O7P. The van der Waals surface area contributed by atoms with E-state index in [0.29, 0.717) is 23.5 Å².